The zero-order valence-electron chi connectivity index (χ0n) is 11.6. The maximum atomic E-state index is 12.3. The summed E-state index contributed by atoms with van der Waals surface area (Å²) in [5.41, 5.74) is 0.557. The van der Waals surface area contributed by atoms with Crippen LogP contribution < -0.4 is 0 Å². The minimum atomic E-state index is -1.11. The van der Waals surface area contributed by atoms with Crippen molar-refractivity contribution >= 4 is 11.7 Å². The second-order valence-corrected chi connectivity index (χ2v) is 4.92. The molecule has 0 fully saturated rings. The fraction of sp³-hybridized carbons (Fsp3) is 0.467. The lowest BCUT2D eigenvalue weighted by atomic mass is 9.86. The zero-order valence-corrected chi connectivity index (χ0v) is 11.6. The summed E-state index contributed by atoms with van der Waals surface area (Å²) in [7, 11) is 0. The molecule has 1 aliphatic rings. The van der Waals surface area contributed by atoms with Gasteiger partial charge in [-0.1, -0.05) is 49.3 Å². The van der Waals surface area contributed by atoms with E-state index in [2.05, 4.69) is 5.16 Å². The third kappa shape index (κ3) is 2.48. The first-order chi connectivity index (χ1) is 9.10. The van der Waals surface area contributed by atoms with Crippen molar-refractivity contribution in [3.05, 3.63) is 35.9 Å². The Balaban J connectivity index is 2.35. The second kappa shape index (κ2) is 5.43. The summed E-state index contributed by atoms with van der Waals surface area (Å²) < 4.78 is 5.17. The van der Waals surface area contributed by atoms with Crippen LogP contribution >= 0.6 is 0 Å². The van der Waals surface area contributed by atoms with E-state index in [-0.39, 0.29) is 11.9 Å². The highest BCUT2D eigenvalue weighted by Gasteiger charge is 2.49. The molecule has 1 atom stereocenters. The molecule has 4 nitrogen and oxygen atoms in total. The van der Waals surface area contributed by atoms with Crippen molar-refractivity contribution < 1.29 is 14.4 Å². The Morgan fingerprint density at radius 1 is 1.42 bits per heavy atom. The summed E-state index contributed by atoms with van der Waals surface area (Å²) in [5.74, 6) is -0.124. The average Bonchev–Trinajstić information content (AvgIpc) is 2.86. The van der Waals surface area contributed by atoms with Crippen LogP contribution in [-0.2, 0) is 20.0 Å². The number of carbonyl (C=O) groups is 1. The Hall–Kier alpha value is -1.84. The smallest absolute Gasteiger partial charge is 0.358 e. The predicted molar refractivity (Wildman–Crippen MR) is 72.7 cm³/mol. The summed E-state index contributed by atoms with van der Waals surface area (Å²) >= 11 is 0. The van der Waals surface area contributed by atoms with E-state index < -0.39 is 5.60 Å². The predicted octanol–water partition coefficient (Wildman–Crippen LogP) is 2.88. The van der Waals surface area contributed by atoms with Crippen LogP contribution in [0.4, 0.5) is 0 Å². The highest BCUT2D eigenvalue weighted by atomic mass is 16.7. The third-order valence-corrected chi connectivity index (χ3v) is 3.26. The number of carbonyl (C=O) groups excluding carboxylic acids is 1. The van der Waals surface area contributed by atoms with Gasteiger partial charge in [-0.25, -0.2) is 4.79 Å². The lowest BCUT2D eigenvalue weighted by molar-refractivity contribution is -0.170. The topological polar surface area (TPSA) is 47.9 Å². The first-order valence-electron chi connectivity index (χ1n) is 6.58. The molecule has 0 radical (unpaired) electrons. The van der Waals surface area contributed by atoms with Crippen LogP contribution in [0.25, 0.3) is 0 Å². The number of rotatable bonds is 4. The van der Waals surface area contributed by atoms with Crippen LogP contribution in [0.3, 0.4) is 0 Å². The number of hydrogen-bond donors (Lipinski definition) is 0. The van der Waals surface area contributed by atoms with Gasteiger partial charge in [-0.15, -0.1) is 0 Å². The minimum Gasteiger partial charge on any atom is -0.463 e. The van der Waals surface area contributed by atoms with E-state index in [1.807, 2.05) is 44.2 Å². The summed E-state index contributed by atoms with van der Waals surface area (Å²) in [4.78, 5) is 17.8. The van der Waals surface area contributed by atoms with E-state index in [4.69, 9.17) is 9.57 Å². The van der Waals surface area contributed by atoms with E-state index in [0.717, 1.165) is 11.3 Å². The van der Waals surface area contributed by atoms with Crippen LogP contribution in [0.1, 0.15) is 32.8 Å². The van der Waals surface area contributed by atoms with Crippen LogP contribution in [0.2, 0.25) is 0 Å². The Kier molecular flexibility index (Phi) is 3.88. The van der Waals surface area contributed by atoms with Gasteiger partial charge in [-0.05, 0) is 12.8 Å². The molecule has 2 rings (SSSR count). The van der Waals surface area contributed by atoms with Crippen molar-refractivity contribution in [2.24, 2.45) is 11.1 Å². The fourth-order valence-electron chi connectivity index (χ4n) is 2.10. The molecule has 102 valence electrons. The van der Waals surface area contributed by atoms with Gasteiger partial charge in [0.15, 0.2) is 0 Å². The van der Waals surface area contributed by atoms with Crippen molar-refractivity contribution in [3.8, 4) is 0 Å². The molecule has 1 heterocycles. The lowest BCUT2D eigenvalue weighted by Gasteiger charge is -2.24. The molecule has 0 amide bonds. The molecule has 0 aliphatic carbocycles. The molecule has 0 aromatic heterocycles. The van der Waals surface area contributed by atoms with Crippen LogP contribution in [0.5, 0.6) is 0 Å². The molecule has 1 aromatic carbocycles. The van der Waals surface area contributed by atoms with Gasteiger partial charge in [0, 0.05) is 12.0 Å². The minimum absolute atomic E-state index is 0.250. The Labute approximate surface area is 113 Å². The summed E-state index contributed by atoms with van der Waals surface area (Å²) in [6.07, 6.45) is 0.452. The number of benzene rings is 1. The highest BCUT2D eigenvalue weighted by molar-refractivity contribution is 5.95. The van der Waals surface area contributed by atoms with E-state index in [1.165, 1.54) is 0 Å². The normalized spacial score (nSPS) is 22.0. The van der Waals surface area contributed by atoms with Crippen molar-refractivity contribution in [1.29, 1.82) is 0 Å². The third-order valence-electron chi connectivity index (χ3n) is 3.26. The van der Waals surface area contributed by atoms with Crippen molar-refractivity contribution in [3.63, 3.8) is 0 Å². The molecule has 0 saturated heterocycles. The van der Waals surface area contributed by atoms with Crippen LogP contribution in [-0.4, -0.2) is 18.3 Å². The number of esters is 1. The molecule has 1 aliphatic heterocycles. The van der Waals surface area contributed by atoms with Crippen molar-refractivity contribution in [2.45, 2.75) is 32.8 Å². The van der Waals surface area contributed by atoms with Crippen molar-refractivity contribution in [1.82, 2.24) is 0 Å². The van der Waals surface area contributed by atoms with Crippen molar-refractivity contribution in [2.75, 3.05) is 6.61 Å². The van der Waals surface area contributed by atoms with E-state index >= 15 is 0 Å². The second-order valence-electron chi connectivity index (χ2n) is 4.92. The summed E-state index contributed by atoms with van der Waals surface area (Å²) in [5, 5.41) is 4.08. The van der Waals surface area contributed by atoms with Gasteiger partial charge in [0.2, 0.25) is 0 Å². The summed E-state index contributed by atoms with van der Waals surface area (Å²) in [6.45, 7) is 6.19. The van der Waals surface area contributed by atoms with Gasteiger partial charge >= 0.3 is 5.97 Å². The Morgan fingerprint density at radius 2 is 2.11 bits per heavy atom. The maximum Gasteiger partial charge on any atom is 0.358 e. The Morgan fingerprint density at radius 3 is 2.63 bits per heavy atom. The number of hydrogen-bond acceptors (Lipinski definition) is 4. The zero-order chi connectivity index (χ0) is 13.9. The van der Waals surface area contributed by atoms with E-state index in [1.54, 1.807) is 6.92 Å². The first-order valence-corrected chi connectivity index (χ1v) is 6.58. The number of nitrogens with zero attached hydrogens (tertiary/aromatic N) is 1. The summed E-state index contributed by atoms with van der Waals surface area (Å²) in [6, 6.07) is 9.41. The van der Waals surface area contributed by atoms with Gasteiger partial charge in [-0.2, -0.15) is 0 Å². The standard InChI is InChI=1S/C15H19NO3/c1-4-18-14(17)15(12-8-6-5-7-9-12)10-13(11(2)3)16-19-15/h5-9,11H,4,10H2,1-3H3/t15-/m1/s1. The van der Waals surface area contributed by atoms with Gasteiger partial charge in [0.05, 0.1) is 12.3 Å². The quantitative estimate of drug-likeness (QED) is 0.783. The molecule has 19 heavy (non-hydrogen) atoms. The molecule has 0 bridgehead atoms. The molecule has 0 spiro atoms. The lowest BCUT2D eigenvalue weighted by Crippen LogP contribution is -2.38. The first kappa shape index (κ1) is 13.6. The van der Waals surface area contributed by atoms with Crippen LogP contribution in [0.15, 0.2) is 35.5 Å². The average molecular weight is 261 g/mol. The number of oxime groups is 1. The van der Waals surface area contributed by atoms with Gasteiger partial charge in [-0.3, -0.25) is 0 Å². The van der Waals surface area contributed by atoms with Crippen LogP contribution in [0, 0.1) is 5.92 Å². The van der Waals surface area contributed by atoms with E-state index in [0.29, 0.717) is 13.0 Å². The van der Waals surface area contributed by atoms with Gasteiger partial charge in [0.25, 0.3) is 5.60 Å². The molecule has 4 heteroatoms. The monoisotopic (exact) mass is 261 g/mol. The fourth-order valence-corrected chi connectivity index (χ4v) is 2.10. The van der Waals surface area contributed by atoms with E-state index in [9.17, 15) is 4.79 Å². The molecule has 0 N–H and O–H groups in total. The highest BCUT2D eigenvalue weighted by Crippen LogP contribution is 2.37. The molecular weight excluding hydrogens is 242 g/mol. The van der Waals surface area contributed by atoms with Gasteiger partial charge < -0.3 is 9.57 Å². The Bertz CT molecular complexity index is 481. The molecule has 1 aromatic rings. The molecule has 0 unspecified atom stereocenters. The SMILES string of the molecule is CCOC(=O)[C@]1(c2ccccc2)CC(C(C)C)=NO1. The van der Waals surface area contributed by atoms with Gasteiger partial charge in [0.1, 0.15) is 0 Å². The molecular formula is C15H19NO3. The maximum absolute atomic E-state index is 12.3. The molecule has 0 saturated carbocycles. The largest absolute Gasteiger partial charge is 0.463 e. The number of ether oxygens (including phenoxy) is 1.